The summed E-state index contributed by atoms with van der Waals surface area (Å²) in [4.78, 5) is 27.7. The molecular weight excluding hydrogens is 813 g/mol. The molecule has 1 N–H and O–H groups in total. The number of amides is 1. The van der Waals surface area contributed by atoms with Crippen molar-refractivity contribution >= 4 is 81.5 Å². The molecule has 6 aromatic rings. The molecule has 276 valence electrons. The van der Waals surface area contributed by atoms with Gasteiger partial charge >= 0.3 is 5.97 Å². The van der Waals surface area contributed by atoms with Crippen LogP contribution >= 0.6 is 69.6 Å². The van der Waals surface area contributed by atoms with Crippen LogP contribution in [-0.2, 0) is 4.74 Å². The molecule has 15 heteroatoms. The number of hydrogen-bond acceptors (Lipinski definition) is 6. The summed E-state index contributed by atoms with van der Waals surface area (Å²) in [6, 6.07) is 24.6. The summed E-state index contributed by atoms with van der Waals surface area (Å²) >= 11 is 38.0. The van der Waals surface area contributed by atoms with Crippen LogP contribution in [0.3, 0.4) is 0 Å². The molecule has 0 bridgehead atoms. The first kappa shape index (κ1) is 38.2. The number of ether oxygens (including phenoxy) is 1. The summed E-state index contributed by atoms with van der Waals surface area (Å²) in [7, 11) is 0. The number of benzene rings is 4. The minimum atomic E-state index is -0.605. The second-order valence-corrected chi connectivity index (χ2v) is 15.3. The van der Waals surface area contributed by atoms with E-state index in [4.69, 9.17) is 84.5 Å². The molecule has 1 aliphatic heterocycles. The average molecular weight is 843 g/mol. The van der Waals surface area contributed by atoms with Crippen LogP contribution < -0.4 is 5.43 Å². The van der Waals surface area contributed by atoms with Gasteiger partial charge in [0, 0.05) is 48.9 Å². The molecule has 7 rings (SSSR count). The fourth-order valence-corrected chi connectivity index (χ4v) is 7.72. The molecule has 0 spiro atoms. The van der Waals surface area contributed by atoms with Crippen molar-refractivity contribution in [3.05, 3.63) is 138 Å². The highest BCUT2D eigenvalue weighted by molar-refractivity contribution is 6.36. The summed E-state index contributed by atoms with van der Waals surface area (Å²) in [6.07, 6.45) is 0.714. The number of rotatable bonds is 8. The predicted molar refractivity (Wildman–Crippen MR) is 215 cm³/mol. The Labute approximate surface area is 341 Å². The van der Waals surface area contributed by atoms with Gasteiger partial charge in [-0.1, -0.05) is 93.9 Å². The van der Waals surface area contributed by atoms with E-state index in [0.29, 0.717) is 83.4 Å². The Morgan fingerprint density at radius 1 is 0.667 bits per heavy atom. The summed E-state index contributed by atoms with van der Waals surface area (Å²) in [5.74, 6) is -1.03. The lowest BCUT2D eigenvalue weighted by molar-refractivity contribution is -0.00264. The Morgan fingerprint density at radius 3 is 1.63 bits per heavy atom. The van der Waals surface area contributed by atoms with Gasteiger partial charge in [-0.2, -0.15) is 10.2 Å². The molecule has 54 heavy (non-hydrogen) atoms. The van der Waals surface area contributed by atoms with Crippen LogP contribution in [0.15, 0.2) is 84.9 Å². The number of carbonyl (C=O) groups excluding carboxylic acids is 2. The Bertz CT molecular complexity index is 2230. The van der Waals surface area contributed by atoms with Crippen LogP contribution in [0.4, 0.5) is 0 Å². The second kappa shape index (κ2) is 16.0. The largest absolute Gasteiger partial charge is 0.456 e. The third-order valence-electron chi connectivity index (χ3n) is 9.08. The fourth-order valence-electron chi connectivity index (χ4n) is 6.49. The molecule has 4 aromatic carbocycles. The number of carbonyl (C=O) groups is 2. The minimum Gasteiger partial charge on any atom is -0.456 e. The lowest BCUT2D eigenvalue weighted by atomic mass is 10.1. The van der Waals surface area contributed by atoms with Crippen molar-refractivity contribution in [3.63, 3.8) is 0 Å². The number of nitrogens with one attached hydrogen (secondary N) is 1. The van der Waals surface area contributed by atoms with Crippen molar-refractivity contribution in [3.8, 4) is 33.9 Å². The Hall–Kier alpha value is -4.06. The van der Waals surface area contributed by atoms with E-state index in [1.165, 1.54) is 0 Å². The summed E-state index contributed by atoms with van der Waals surface area (Å²) in [5.41, 5.74) is 8.48. The molecule has 1 aliphatic rings. The summed E-state index contributed by atoms with van der Waals surface area (Å²) in [6.45, 7) is 4.41. The first-order chi connectivity index (χ1) is 25.9. The van der Waals surface area contributed by atoms with Gasteiger partial charge in [0.05, 0.1) is 39.4 Å². The number of halogens is 6. The average Bonchev–Trinajstić information content (AvgIpc) is 3.65. The molecule has 0 unspecified atom stereocenters. The van der Waals surface area contributed by atoms with E-state index >= 15 is 0 Å². The van der Waals surface area contributed by atoms with E-state index in [9.17, 15) is 9.59 Å². The van der Waals surface area contributed by atoms with Crippen molar-refractivity contribution in [2.24, 2.45) is 0 Å². The van der Waals surface area contributed by atoms with Crippen molar-refractivity contribution in [2.75, 3.05) is 13.1 Å². The molecule has 3 heterocycles. The number of aromatic nitrogens is 4. The fraction of sp³-hybridized carbons (Fsp3) is 0.179. The maximum Gasteiger partial charge on any atom is 0.359 e. The third kappa shape index (κ3) is 7.86. The van der Waals surface area contributed by atoms with Crippen molar-refractivity contribution in [1.82, 2.24) is 30.0 Å². The summed E-state index contributed by atoms with van der Waals surface area (Å²) < 4.78 is 9.28. The molecular formula is C39H30Cl6N6O3. The van der Waals surface area contributed by atoms with Gasteiger partial charge in [0.15, 0.2) is 11.4 Å². The van der Waals surface area contributed by atoms with Crippen molar-refractivity contribution in [1.29, 1.82) is 0 Å². The van der Waals surface area contributed by atoms with E-state index in [1.54, 1.807) is 82.0 Å². The second-order valence-electron chi connectivity index (χ2n) is 12.7. The third-order valence-corrected chi connectivity index (χ3v) is 10.7. The monoisotopic (exact) mass is 840 g/mol. The number of nitrogens with zero attached hydrogens (tertiary/aromatic N) is 5. The van der Waals surface area contributed by atoms with Gasteiger partial charge < -0.3 is 4.74 Å². The van der Waals surface area contributed by atoms with Gasteiger partial charge in [-0.05, 0) is 87.4 Å². The number of esters is 1. The lowest BCUT2D eigenvalue weighted by Gasteiger charge is -2.32. The van der Waals surface area contributed by atoms with E-state index in [-0.39, 0.29) is 17.9 Å². The Kier molecular flexibility index (Phi) is 11.3. The van der Waals surface area contributed by atoms with E-state index in [1.807, 2.05) is 31.2 Å². The zero-order valence-electron chi connectivity index (χ0n) is 28.7. The highest BCUT2D eigenvalue weighted by Gasteiger charge is 2.31. The first-order valence-electron chi connectivity index (χ1n) is 16.8. The van der Waals surface area contributed by atoms with E-state index in [0.717, 1.165) is 11.1 Å². The van der Waals surface area contributed by atoms with E-state index < -0.39 is 18.0 Å². The summed E-state index contributed by atoms with van der Waals surface area (Å²) in [5, 5.41) is 13.9. The van der Waals surface area contributed by atoms with Crippen LogP contribution in [0.5, 0.6) is 0 Å². The minimum absolute atomic E-state index is 0.129. The van der Waals surface area contributed by atoms with Crippen LogP contribution in [0, 0.1) is 13.8 Å². The molecule has 0 saturated carbocycles. The number of hydrogen-bond donors (Lipinski definition) is 1. The lowest BCUT2D eigenvalue weighted by Crippen LogP contribution is -2.50. The zero-order chi connectivity index (χ0) is 38.3. The maximum absolute atomic E-state index is 13.9. The van der Waals surface area contributed by atoms with Crippen LogP contribution in [-0.4, -0.2) is 55.6 Å². The van der Waals surface area contributed by atoms with Crippen molar-refractivity contribution in [2.45, 2.75) is 32.8 Å². The number of piperidine rings is 1. The molecule has 9 nitrogen and oxygen atoms in total. The van der Waals surface area contributed by atoms with Crippen LogP contribution in [0.25, 0.3) is 33.9 Å². The smallest absolute Gasteiger partial charge is 0.359 e. The molecule has 1 atom stereocenters. The quantitative estimate of drug-likeness (QED) is 0.153. The van der Waals surface area contributed by atoms with Gasteiger partial charge in [-0.15, -0.1) is 0 Å². The zero-order valence-corrected chi connectivity index (χ0v) is 33.3. The van der Waals surface area contributed by atoms with Gasteiger partial charge in [0.2, 0.25) is 0 Å². The topological polar surface area (TPSA) is 94.3 Å². The van der Waals surface area contributed by atoms with Gasteiger partial charge in [-0.3, -0.25) is 10.2 Å². The SMILES string of the molecule is Cc1c(C(=O)NN2CCC[C@H](OC(=O)c3nn(-c4ccc(Cl)cc4Cl)c(-c4ccc(Cl)cc4)c3C)C2)nn(-c2ccc(Cl)cc2Cl)c1-c1ccc(Cl)cc1. The van der Waals surface area contributed by atoms with Crippen LogP contribution in [0.2, 0.25) is 30.1 Å². The predicted octanol–water partition coefficient (Wildman–Crippen LogP) is 10.9. The molecule has 1 fully saturated rings. The first-order valence-corrected chi connectivity index (χ1v) is 19.0. The molecule has 0 radical (unpaired) electrons. The highest BCUT2D eigenvalue weighted by Crippen LogP contribution is 2.35. The Morgan fingerprint density at radius 2 is 1.13 bits per heavy atom. The van der Waals surface area contributed by atoms with E-state index in [2.05, 4.69) is 5.43 Å². The van der Waals surface area contributed by atoms with Gasteiger partial charge in [-0.25, -0.2) is 19.2 Å². The Balaban J connectivity index is 1.13. The van der Waals surface area contributed by atoms with Crippen LogP contribution in [0.1, 0.15) is 44.9 Å². The standard InChI is InChI=1S/C39H30Cl6N6O3/c1-21-34(46-50(32-15-13-27(42)18-30(32)44)36(21)23-5-9-25(40)10-6-23)38(52)48-49-17-3-4-29(20-49)54-39(53)35-22(2)37(24-7-11-26(41)12-8-24)51(47-35)33-16-14-28(43)19-31(33)45/h5-16,18-19,29H,3-4,17,20H2,1-2H3,(H,48,52)/t29-/m0/s1. The van der Waals surface area contributed by atoms with Crippen molar-refractivity contribution < 1.29 is 14.3 Å². The molecule has 1 saturated heterocycles. The maximum atomic E-state index is 13.9. The molecule has 1 amide bonds. The highest BCUT2D eigenvalue weighted by atomic mass is 35.5. The molecule has 0 aliphatic carbocycles. The van der Waals surface area contributed by atoms with Gasteiger partial charge in [0.1, 0.15) is 6.10 Å². The van der Waals surface area contributed by atoms with Gasteiger partial charge in [0.25, 0.3) is 5.91 Å². The number of hydrazine groups is 1. The normalized spacial score (nSPS) is 14.6. The molecule has 2 aromatic heterocycles.